The van der Waals surface area contributed by atoms with Crippen molar-refractivity contribution in [1.82, 2.24) is 14.8 Å². The monoisotopic (exact) mass is 459 g/mol. The van der Waals surface area contributed by atoms with Gasteiger partial charge in [-0.3, -0.25) is 9.59 Å². The van der Waals surface area contributed by atoms with Gasteiger partial charge in [-0.05, 0) is 80.8 Å². The predicted octanol–water partition coefficient (Wildman–Crippen LogP) is 5.17. The molecule has 1 aromatic carbocycles. The summed E-state index contributed by atoms with van der Waals surface area (Å²) in [5.74, 6) is 1.17. The number of hydrogen-bond donors (Lipinski definition) is 1. The third kappa shape index (κ3) is 3.95. The number of rotatable bonds is 5. The summed E-state index contributed by atoms with van der Waals surface area (Å²) >= 11 is 0. The van der Waals surface area contributed by atoms with Crippen LogP contribution in [0.4, 0.5) is 0 Å². The first-order chi connectivity index (χ1) is 16.4. The second kappa shape index (κ2) is 8.82. The lowest BCUT2D eigenvalue weighted by Gasteiger charge is -2.45. The van der Waals surface area contributed by atoms with Crippen LogP contribution in [0.3, 0.4) is 0 Å². The van der Waals surface area contributed by atoms with Crippen molar-refractivity contribution in [2.45, 2.75) is 71.1 Å². The molecule has 1 fully saturated rings. The van der Waals surface area contributed by atoms with Crippen LogP contribution in [0.15, 0.2) is 59.2 Å². The highest BCUT2D eigenvalue weighted by atomic mass is 16.3. The van der Waals surface area contributed by atoms with E-state index in [1.165, 1.54) is 0 Å². The lowest BCUT2D eigenvalue weighted by molar-refractivity contribution is -0.134. The zero-order valence-electron chi connectivity index (χ0n) is 20.2. The van der Waals surface area contributed by atoms with E-state index >= 15 is 0 Å². The molecule has 3 heterocycles. The number of nitrogens with one attached hydrogen (secondary N) is 1. The van der Waals surface area contributed by atoms with Crippen molar-refractivity contribution in [3.05, 3.63) is 71.6 Å². The van der Waals surface area contributed by atoms with Crippen LogP contribution in [0.2, 0.25) is 0 Å². The standard InChI is InChI=1S/C28H33N3O3/c1-19-10-12-22(13-11-19)29-27(33)28(3)18-30-23(25-9-6-16-34-25)14-15-24(30)26(32)31(28)17-21-8-5-4-7-20(21)2/h4-9,14-16,19,22H,10-13,17-18H2,1-3H3,(H,29,33)/t19?,22?,28-/m0/s1. The smallest absolute Gasteiger partial charge is 0.271 e. The molecule has 0 unspecified atom stereocenters. The molecule has 178 valence electrons. The van der Waals surface area contributed by atoms with E-state index in [9.17, 15) is 9.59 Å². The molecule has 6 nitrogen and oxygen atoms in total. The number of carbonyl (C=O) groups is 2. The second-order valence-electron chi connectivity index (χ2n) is 10.2. The molecule has 0 spiro atoms. The Bertz CT molecular complexity index is 1190. The lowest BCUT2D eigenvalue weighted by atomic mass is 9.86. The first kappa shape index (κ1) is 22.5. The van der Waals surface area contributed by atoms with E-state index in [4.69, 9.17) is 4.42 Å². The van der Waals surface area contributed by atoms with E-state index in [1.54, 1.807) is 11.2 Å². The molecule has 5 rings (SSSR count). The summed E-state index contributed by atoms with van der Waals surface area (Å²) in [7, 11) is 0. The Morgan fingerprint density at radius 2 is 1.79 bits per heavy atom. The molecule has 2 aromatic heterocycles. The summed E-state index contributed by atoms with van der Waals surface area (Å²) in [6.45, 7) is 6.98. The Hall–Kier alpha value is -3.28. The Morgan fingerprint density at radius 1 is 1.06 bits per heavy atom. The number of amides is 2. The van der Waals surface area contributed by atoms with Gasteiger partial charge in [-0.1, -0.05) is 31.2 Å². The SMILES string of the molecule is Cc1ccccc1CN1C(=O)c2ccc(-c3ccco3)n2C[C@@]1(C)C(=O)NC1CCC(C)CC1. The summed E-state index contributed by atoms with van der Waals surface area (Å²) in [6.07, 6.45) is 5.85. The van der Waals surface area contributed by atoms with Crippen LogP contribution in [0.25, 0.3) is 11.5 Å². The van der Waals surface area contributed by atoms with Crippen LogP contribution in [-0.4, -0.2) is 32.9 Å². The molecule has 1 N–H and O–H groups in total. The molecular formula is C28H33N3O3. The molecule has 0 radical (unpaired) electrons. The minimum absolute atomic E-state index is 0.0845. The van der Waals surface area contributed by atoms with Crippen molar-refractivity contribution in [2.24, 2.45) is 5.92 Å². The van der Waals surface area contributed by atoms with E-state index in [1.807, 2.05) is 66.9 Å². The highest BCUT2D eigenvalue weighted by molar-refractivity contribution is 6.00. The highest BCUT2D eigenvalue weighted by Crippen LogP contribution is 2.35. The van der Waals surface area contributed by atoms with Gasteiger partial charge in [0, 0.05) is 12.6 Å². The minimum atomic E-state index is -1.03. The molecule has 34 heavy (non-hydrogen) atoms. The molecule has 2 amide bonds. The number of carbonyl (C=O) groups excluding carboxylic acids is 2. The van der Waals surface area contributed by atoms with Gasteiger partial charge < -0.3 is 19.2 Å². The third-order valence-electron chi connectivity index (χ3n) is 7.71. The molecule has 2 aliphatic rings. The number of benzene rings is 1. The normalized spacial score (nSPS) is 24.7. The van der Waals surface area contributed by atoms with Crippen LogP contribution >= 0.6 is 0 Å². The van der Waals surface area contributed by atoms with Gasteiger partial charge in [0.25, 0.3) is 5.91 Å². The topological polar surface area (TPSA) is 67.5 Å². The quantitative estimate of drug-likeness (QED) is 0.573. The molecule has 1 aliphatic heterocycles. The van der Waals surface area contributed by atoms with Crippen molar-refractivity contribution in [3.8, 4) is 11.5 Å². The first-order valence-electron chi connectivity index (χ1n) is 12.3. The zero-order valence-corrected chi connectivity index (χ0v) is 20.2. The fraction of sp³-hybridized carbons (Fsp3) is 0.429. The van der Waals surface area contributed by atoms with Gasteiger partial charge in [-0.25, -0.2) is 0 Å². The molecule has 0 saturated heterocycles. The Morgan fingerprint density at radius 3 is 2.50 bits per heavy atom. The number of nitrogens with zero attached hydrogens (tertiary/aromatic N) is 2. The summed E-state index contributed by atoms with van der Waals surface area (Å²) in [5.41, 5.74) is 2.52. The molecule has 3 aromatic rings. The second-order valence-corrected chi connectivity index (χ2v) is 10.2. The summed E-state index contributed by atoms with van der Waals surface area (Å²) < 4.78 is 7.57. The zero-order chi connectivity index (χ0) is 23.9. The number of fused-ring (bicyclic) bond motifs is 1. The van der Waals surface area contributed by atoms with Crippen molar-refractivity contribution >= 4 is 11.8 Å². The van der Waals surface area contributed by atoms with E-state index in [0.29, 0.717) is 30.5 Å². The largest absolute Gasteiger partial charge is 0.463 e. The van der Waals surface area contributed by atoms with Crippen molar-refractivity contribution < 1.29 is 14.0 Å². The molecule has 1 saturated carbocycles. The van der Waals surface area contributed by atoms with E-state index in [0.717, 1.165) is 42.5 Å². The van der Waals surface area contributed by atoms with E-state index in [-0.39, 0.29) is 17.9 Å². The maximum absolute atomic E-state index is 13.9. The summed E-state index contributed by atoms with van der Waals surface area (Å²) in [4.78, 5) is 29.5. The molecule has 1 aliphatic carbocycles. The van der Waals surface area contributed by atoms with Crippen molar-refractivity contribution in [2.75, 3.05) is 0 Å². The molecule has 0 bridgehead atoms. The van der Waals surface area contributed by atoms with Crippen molar-refractivity contribution in [3.63, 3.8) is 0 Å². The average molecular weight is 460 g/mol. The Kier molecular flexibility index (Phi) is 5.84. The van der Waals surface area contributed by atoms with E-state index < -0.39 is 5.54 Å². The lowest BCUT2D eigenvalue weighted by Crippen LogP contribution is -2.64. The third-order valence-corrected chi connectivity index (χ3v) is 7.71. The van der Waals surface area contributed by atoms with E-state index in [2.05, 4.69) is 12.2 Å². The van der Waals surface area contributed by atoms with Crippen LogP contribution in [0.1, 0.15) is 61.1 Å². The summed E-state index contributed by atoms with van der Waals surface area (Å²) in [6, 6.07) is 15.7. The van der Waals surface area contributed by atoms with Gasteiger partial charge in [0.15, 0.2) is 0 Å². The van der Waals surface area contributed by atoms with Crippen molar-refractivity contribution in [1.29, 1.82) is 0 Å². The van der Waals surface area contributed by atoms with Gasteiger partial charge in [0.05, 0.1) is 18.5 Å². The van der Waals surface area contributed by atoms with Gasteiger partial charge >= 0.3 is 0 Å². The number of aromatic nitrogens is 1. The Balaban J connectivity index is 1.52. The minimum Gasteiger partial charge on any atom is -0.463 e. The first-order valence-corrected chi connectivity index (χ1v) is 12.3. The van der Waals surface area contributed by atoms with Gasteiger partial charge in [-0.2, -0.15) is 0 Å². The predicted molar refractivity (Wildman–Crippen MR) is 131 cm³/mol. The van der Waals surface area contributed by atoms with Gasteiger partial charge in [0.2, 0.25) is 5.91 Å². The fourth-order valence-corrected chi connectivity index (χ4v) is 5.36. The van der Waals surface area contributed by atoms with Crippen LogP contribution in [0, 0.1) is 12.8 Å². The van der Waals surface area contributed by atoms with Crippen LogP contribution < -0.4 is 5.32 Å². The highest BCUT2D eigenvalue weighted by Gasteiger charge is 2.48. The van der Waals surface area contributed by atoms with Gasteiger partial charge in [-0.15, -0.1) is 0 Å². The Labute approximate surface area is 200 Å². The molecule has 1 atom stereocenters. The number of aryl methyl sites for hydroxylation is 1. The molecule has 6 heteroatoms. The van der Waals surface area contributed by atoms with Crippen LogP contribution in [-0.2, 0) is 17.9 Å². The average Bonchev–Trinajstić information content (AvgIpc) is 3.49. The number of hydrogen-bond acceptors (Lipinski definition) is 3. The number of furan rings is 1. The maximum atomic E-state index is 13.9. The molecular weight excluding hydrogens is 426 g/mol. The summed E-state index contributed by atoms with van der Waals surface area (Å²) in [5, 5.41) is 3.31. The van der Waals surface area contributed by atoms with Crippen LogP contribution in [0.5, 0.6) is 0 Å². The van der Waals surface area contributed by atoms with Gasteiger partial charge in [0.1, 0.15) is 17.0 Å². The fourth-order valence-electron chi connectivity index (χ4n) is 5.36. The maximum Gasteiger partial charge on any atom is 0.271 e.